The summed E-state index contributed by atoms with van der Waals surface area (Å²) in [4.78, 5) is 19.8. The zero-order valence-corrected chi connectivity index (χ0v) is 8.00. The summed E-state index contributed by atoms with van der Waals surface area (Å²) in [7, 11) is 0. The van der Waals surface area contributed by atoms with Crippen molar-refractivity contribution in [3.63, 3.8) is 0 Å². The number of hydrogen-bond donors (Lipinski definition) is 3. The molecule has 0 rings (SSSR count). The summed E-state index contributed by atoms with van der Waals surface area (Å²) < 4.78 is 0. The van der Waals surface area contributed by atoms with Crippen molar-refractivity contribution >= 4 is 11.8 Å². The summed E-state index contributed by atoms with van der Waals surface area (Å²) in [6, 6.07) is -0.431. The molecule has 0 aliphatic rings. The molecule has 13 heavy (non-hydrogen) atoms. The fraction of sp³-hybridized carbons (Fsp3) is 0.500. The first-order valence-electron chi connectivity index (χ1n) is 3.61. The van der Waals surface area contributed by atoms with Gasteiger partial charge in [0.25, 0.3) is 0 Å². The molecule has 0 spiro atoms. The SMILES string of the molecule is C=C(C)C(=O)O.CC(=O)C(C)NO. The number of rotatable bonds is 3. The van der Waals surface area contributed by atoms with Gasteiger partial charge in [-0.2, -0.15) is 5.48 Å². The highest BCUT2D eigenvalue weighted by molar-refractivity contribution is 5.84. The van der Waals surface area contributed by atoms with Gasteiger partial charge in [-0.15, -0.1) is 0 Å². The number of ketones is 1. The van der Waals surface area contributed by atoms with Crippen molar-refractivity contribution in [2.45, 2.75) is 26.8 Å². The minimum Gasteiger partial charge on any atom is -0.478 e. The van der Waals surface area contributed by atoms with Crippen LogP contribution in [0.3, 0.4) is 0 Å². The van der Waals surface area contributed by atoms with Gasteiger partial charge in [0, 0.05) is 5.57 Å². The molecule has 0 aromatic heterocycles. The highest BCUT2D eigenvalue weighted by Crippen LogP contribution is 1.81. The topological polar surface area (TPSA) is 86.6 Å². The Hall–Kier alpha value is -1.20. The summed E-state index contributed by atoms with van der Waals surface area (Å²) in [5, 5.41) is 15.9. The molecular weight excluding hydrogens is 174 g/mol. The average Bonchev–Trinajstić information content (AvgIpc) is 2.03. The van der Waals surface area contributed by atoms with Crippen LogP contribution in [-0.4, -0.2) is 28.1 Å². The van der Waals surface area contributed by atoms with Gasteiger partial charge in [0.2, 0.25) is 0 Å². The molecule has 0 amide bonds. The number of carbonyl (C=O) groups is 2. The van der Waals surface area contributed by atoms with Crippen LogP contribution >= 0.6 is 0 Å². The van der Waals surface area contributed by atoms with Gasteiger partial charge in [0.15, 0.2) is 0 Å². The maximum absolute atomic E-state index is 10.2. The maximum Gasteiger partial charge on any atom is 0.330 e. The normalized spacial score (nSPS) is 10.8. The third-order valence-corrected chi connectivity index (χ3v) is 1.17. The third kappa shape index (κ3) is 10.8. The van der Waals surface area contributed by atoms with Crippen LogP contribution in [0, 0.1) is 0 Å². The van der Waals surface area contributed by atoms with Crippen molar-refractivity contribution in [1.82, 2.24) is 5.48 Å². The van der Waals surface area contributed by atoms with E-state index in [1.165, 1.54) is 13.8 Å². The predicted octanol–water partition coefficient (Wildman–Crippen LogP) is 0.590. The van der Waals surface area contributed by atoms with Gasteiger partial charge in [0.1, 0.15) is 5.78 Å². The molecule has 0 radical (unpaired) electrons. The summed E-state index contributed by atoms with van der Waals surface area (Å²) in [6.07, 6.45) is 0. The van der Waals surface area contributed by atoms with Crippen LogP contribution < -0.4 is 5.48 Å². The standard InChI is InChI=1S/C4H9NO2.C4H6O2/c1-3(5-7)4(2)6;1-3(2)4(5)6/h3,5,7H,1-2H3;1H2,2H3,(H,5,6). The van der Waals surface area contributed by atoms with E-state index >= 15 is 0 Å². The Morgan fingerprint density at radius 1 is 1.38 bits per heavy atom. The van der Waals surface area contributed by atoms with Crippen LogP contribution in [0.25, 0.3) is 0 Å². The van der Waals surface area contributed by atoms with Crippen molar-refractivity contribution in [3.05, 3.63) is 12.2 Å². The molecule has 5 heteroatoms. The zero-order chi connectivity index (χ0) is 11.0. The van der Waals surface area contributed by atoms with Crippen molar-refractivity contribution < 1.29 is 19.9 Å². The van der Waals surface area contributed by atoms with Crippen LogP contribution in [0.4, 0.5) is 0 Å². The van der Waals surface area contributed by atoms with Gasteiger partial charge >= 0.3 is 5.97 Å². The molecule has 0 aromatic rings. The molecule has 0 aliphatic carbocycles. The number of carboxylic acids is 1. The van der Waals surface area contributed by atoms with Gasteiger partial charge in [-0.3, -0.25) is 4.79 Å². The largest absolute Gasteiger partial charge is 0.478 e. The Morgan fingerprint density at radius 2 is 1.69 bits per heavy atom. The van der Waals surface area contributed by atoms with E-state index in [0.29, 0.717) is 0 Å². The molecule has 0 aliphatic heterocycles. The number of hydroxylamine groups is 1. The minimum absolute atomic E-state index is 0.0671. The molecule has 76 valence electrons. The molecule has 3 N–H and O–H groups in total. The number of Topliss-reactive ketones (excluding diaryl/α,β-unsaturated/α-hetero) is 1. The van der Waals surface area contributed by atoms with E-state index < -0.39 is 12.0 Å². The van der Waals surface area contributed by atoms with Crippen LogP contribution in [0.5, 0.6) is 0 Å². The molecular formula is C8H15NO4. The molecule has 0 saturated carbocycles. The quantitative estimate of drug-likeness (QED) is 0.447. The first-order valence-corrected chi connectivity index (χ1v) is 3.61. The van der Waals surface area contributed by atoms with Gasteiger partial charge < -0.3 is 10.3 Å². The van der Waals surface area contributed by atoms with Gasteiger partial charge in [-0.05, 0) is 20.8 Å². The summed E-state index contributed by atoms with van der Waals surface area (Å²) in [6.45, 7) is 7.60. The molecule has 0 saturated heterocycles. The van der Waals surface area contributed by atoms with E-state index in [2.05, 4.69) is 6.58 Å². The number of nitrogens with one attached hydrogen (secondary N) is 1. The van der Waals surface area contributed by atoms with Crippen molar-refractivity contribution in [1.29, 1.82) is 0 Å². The lowest BCUT2D eigenvalue weighted by Gasteiger charge is -1.99. The molecule has 0 fully saturated rings. The Kier molecular flexibility index (Phi) is 8.21. The van der Waals surface area contributed by atoms with Gasteiger partial charge in [-0.1, -0.05) is 6.58 Å². The fourth-order valence-corrected chi connectivity index (χ4v) is 0.0909. The molecule has 0 aromatic carbocycles. The lowest BCUT2D eigenvalue weighted by Crippen LogP contribution is -2.28. The van der Waals surface area contributed by atoms with Gasteiger partial charge in [-0.25, -0.2) is 4.79 Å². The van der Waals surface area contributed by atoms with Crippen LogP contribution in [0.1, 0.15) is 20.8 Å². The van der Waals surface area contributed by atoms with Crippen molar-refractivity contribution in [2.75, 3.05) is 0 Å². The monoisotopic (exact) mass is 189 g/mol. The molecule has 0 heterocycles. The highest BCUT2D eigenvalue weighted by atomic mass is 16.5. The van der Waals surface area contributed by atoms with Crippen LogP contribution in [0.15, 0.2) is 12.2 Å². The Morgan fingerprint density at radius 3 is 1.69 bits per heavy atom. The third-order valence-electron chi connectivity index (χ3n) is 1.17. The summed E-state index contributed by atoms with van der Waals surface area (Å²) >= 11 is 0. The first-order chi connectivity index (χ1) is 5.82. The van der Waals surface area contributed by atoms with E-state index in [0.717, 1.165) is 0 Å². The summed E-state index contributed by atoms with van der Waals surface area (Å²) in [5.41, 5.74) is 1.99. The van der Waals surface area contributed by atoms with E-state index in [9.17, 15) is 9.59 Å². The average molecular weight is 189 g/mol. The Labute approximate surface area is 77.0 Å². The van der Waals surface area contributed by atoms with Crippen molar-refractivity contribution in [3.8, 4) is 0 Å². The first kappa shape index (κ1) is 14.3. The van der Waals surface area contributed by atoms with E-state index in [1.54, 1.807) is 6.92 Å². The molecule has 5 nitrogen and oxygen atoms in total. The molecule has 0 bridgehead atoms. The van der Waals surface area contributed by atoms with E-state index in [-0.39, 0.29) is 11.4 Å². The molecule has 1 atom stereocenters. The minimum atomic E-state index is -0.935. The summed E-state index contributed by atoms with van der Waals surface area (Å²) in [5.74, 6) is -1.00. The van der Waals surface area contributed by atoms with Crippen molar-refractivity contribution in [2.24, 2.45) is 0 Å². The zero-order valence-electron chi connectivity index (χ0n) is 8.00. The number of carbonyl (C=O) groups excluding carboxylic acids is 1. The number of carboxylic acid groups (broad SMARTS) is 1. The second-order valence-electron chi connectivity index (χ2n) is 2.55. The number of aliphatic carboxylic acids is 1. The van der Waals surface area contributed by atoms with E-state index in [4.69, 9.17) is 10.3 Å². The van der Waals surface area contributed by atoms with Crippen LogP contribution in [-0.2, 0) is 9.59 Å². The lowest BCUT2D eigenvalue weighted by atomic mass is 10.3. The maximum atomic E-state index is 10.2. The fourth-order valence-electron chi connectivity index (χ4n) is 0.0909. The van der Waals surface area contributed by atoms with Crippen LogP contribution in [0.2, 0.25) is 0 Å². The highest BCUT2D eigenvalue weighted by Gasteiger charge is 2.01. The Bertz CT molecular complexity index is 188. The van der Waals surface area contributed by atoms with Gasteiger partial charge in [0.05, 0.1) is 6.04 Å². The lowest BCUT2D eigenvalue weighted by molar-refractivity contribution is -0.132. The smallest absolute Gasteiger partial charge is 0.330 e. The second kappa shape index (κ2) is 7.45. The Balaban J connectivity index is 0. The number of hydrogen-bond acceptors (Lipinski definition) is 4. The molecule has 1 unspecified atom stereocenters. The predicted molar refractivity (Wildman–Crippen MR) is 47.5 cm³/mol. The van der Waals surface area contributed by atoms with E-state index in [1.807, 2.05) is 5.48 Å². The second-order valence-corrected chi connectivity index (χ2v) is 2.55.